The van der Waals surface area contributed by atoms with Gasteiger partial charge in [-0.2, -0.15) is 0 Å². The van der Waals surface area contributed by atoms with Crippen LogP contribution in [0.2, 0.25) is 0 Å². The molecule has 0 aliphatic carbocycles. The molecule has 136 valence electrons. The first kappa shape index (κ1) is 17.0. The number of ether oxygens (including phenoxy) is 1. The van der Waals surface area contributed by atoms with E-state index in [1.54, 1.807) is 6.20 Å². The van der Waals surface area contributed by atoms with Crippen LogP contribution >= 0.6 is 0 Å². The Hall–Kier alpha value is -2.40. The number of rotatable bonds is 3. The molecular weight excluding hydrogens is 328 g/mol. The van der Waals surface area contributed by atoms with Gasteiger partial charge in [0.15, 0.2) is 0 Å². The number of fused-ring (bicyclic) bond motifs is 2. The lowest BCUT2D eigenvalue weighted by Gasteiger charge is -2.43. The number of aromatic nitrogens is 1. The number of nitrogens with zero attached hydrogens (tertiary/aromatic N) is 2. The molecule has 2 unspecified atom stereocenters. The van der Waals surface area contributed by atoms with Gasteiger partial charge in [0.2, 0.25) is 0 Å². The van der Waals surface area contributed by atoms with Gasteiger partial charge in [0.1, 0.15) is 6.61 Å². The van der Waals surface area contributed by atoms with Gasteiger partial charge in [-0.3, -0.25) is 4.98 Å². The van der Waals surface area contributed by atoms with E-state index in [2.05, 4.69) is 4.98 Å². The lowest BCUT2D eigenvalue weighted by molar-refractivity contribution is -0.0537. The zero-order valence-electron chi connectivity index (χ0n) is 15.0. The summed E-state index contributed by atoms with van der Waals surface area (Å²) in [6.45, 7) is 2.21. The van der Waals surface area contributed by atoms with E-state index < -0.39 is 5.60 Å². The van der Waals surface area contributed by atoms with E-state index in [1.165, 1.54) is 0 Å². The van der Waals surface area contributed by atoms with Gasteiger partial charge in [-0.05, 0) is 43.0 Å². The van der Waals surface area contributed by atoms with Crippen molar-refractivity contribution in [2.24, 2.45) is 0 Å². The number of hydrogen-bond donors (Lipinski definition) is 1. The molecule has 2 bridgehead atoms. The minimum atomic E-state index is -0.893. The molecule has 2 saturated heterocycles. The number of hydrogen-bond acceptors (Lipinski definition) is 4. The molecule has 2 atom stereocenters. The van der Waals surface area contributed by atoms with Gasteiger partial charge in [0, 0.05) is 36.8 Å². The molecule has 26 heavy (non-hydrogen) atoms. The Morgan fingerprint density at radius 2 is 1.92 bits per heavy atom. The fourth-order valence-corrected chi connectivity index (χ4v) is 4.39. The molecule has 0 saturated carbocycles. The number of amides is 1. The van der Waals surface area contributed by atoms with E-state index in [1.807, 2.05) is 54.3 Å². The van der Waals surface area contributed by atoms with Crippen LogP contribution in [0.3, 0.4) is 0 Å². The van der Waals surface area contributed by atoms with Gasteiger partial charge in [0.05, 0.1) is 5.60 Å². The second kappa shape index (κ2) is 6.72. The Morgan fingerprint density at radius 1 is 1.23 bits per heavy atom. The van der Waals surface area contributed by atoms with Crippen molar-refractivity contribution < 1.29 is 14.6 Å². The quantitative estimate of drug-likeness (QED) is 0.918. The number of carbonyl (C=O) groups is 1. The third kappa shape index (κ3) is 3.19. The molecule has 5 nitrogen and oxygen atoms in total. The van der Waals surface area contributed by atoms with Gasteiger partial charge < -0.3 is 14.7 Å². The highest BCUT2D eigenvalue weighted by molar-refractivity contribution is 5.69. The van der Waals surface area contributed by atoms with Crippen LogP contribution in [0.1, 0.15) is 42.5 Å². The number of benzene rings is 1. The summed E-state index contributed by atoms with van der Waals surface area (Å²) in [5.41, 5.74) is 1.89. The summed E-state index contributed by atoms with van der Waals surface area (Å²) in [5, 5.41) is 11.2. The third-order valence-electron chi connectivity index (χ3n) is 5.62. The van der Waals surface area contributed by atoms with Crippen LogP contribution in [-0.4, -0.2) is 33.2 Å². The van der Waals surface area contributed by atoms with Gasteiger partial charge >= 0.3 is 6.09 Å². The van der Waals surface area contributed by atoms with Crippen molar-refractivity contribution in [2.45, 2.75) is 56.9 Å². The zero-order chi connectivity index (χ0) is 18.1. The van der Waals surface area contributed by atoms with Crippen LogP contribution in [-0.2, 0) is 16.9 Å². The summed E-state index contributed by atoms with van der Waals surface area (Å²) < 4.78 is 5.54. The van der Waals surface area contributed by atoms with Crippen LogP contribution in [0.5, 0.6) is 0 Å². The molecule has 3 heterocycles. The Kier molecular flexibility index (Phi) is 4.41. The number of aliphatic hydroxyl groups is 1. The van der Waals surface area contributed by atoms with E-state index >= 15 is 0 Å². The van der Waals surface area contributed by atoms with Crippen LogP contribution in [0.25, 0.3) is 0 Å². The summed E-state index contributed by atoms with van der Waals surface area (Å²) in [6.07, 6.45) is 4.40. The summed E-state index contributed by atoms with van der Waals surface area (Å²) in [6, 6.07) is 13.6. The number of piperidine rings is 1. The highest BCUT2D eigenvalue weighted by Gasteiger charge is 2.50. The minimum Gasteiger partial charge on any atom is -0.445 e. The SMILES string of the molecule is Cc1cc(C2(O)CC3CCC(C2)N3C(=O)OCc2ccccc2)ccn1. The van der Waals surface area contributed by atoms with E-state index in [0.29, 0.717) is 12.8 Å². The summed E-state index contributed by atoms with van der Waals surface area (Å²) in [7, 11) is 0. The Labute approximate surface area is 153 Å². The molecule has 1 aromatic heterocycles. The summed E-state index contributed by atoms with van der Waals surface area (Å²) in [4.78, 5) is 18.7. The Bertz CT molecular complexity index is 779. The lowest BCUT2D eigenvalue weighted by atomic mass is 9.81. The number of carbonyl (C=O) groups excluding carboxylic acids is 1. The molecule has 0 radical (unpaired) electrons. The monoisotopic (exact) mass is 352 g/mol. The normalized spacial score (nSPS) is 27.4. The van der Waals surface area contributed by atoms with Gasteiger partial charge in [-0.15, -0.1) is 0 Å². The predicted molar refractivity (Wildman–Crippen MR) is 97.4 cm³/mol. The highest BCUT2D eigenvalue weighted by atomic mass is 16.6. The average Bonchev–Trinajstić information content (AvgIpc) is 2.93. The third-order valence-corrected chi connectivity index (χ3v) is 5.62. The Balaban J connectivity index is 1.46. The maximum Gasteiger partial charge on any atom is 0.410 e. The maximum atomic E-state index is 12.6. The molecule has 2 aliphatic heterocycles. The Morgan fingerprint density at radius 3 is 2.58 bits per heavy atom. The van der Waals surface area contributed by atoms with Crippen LogP contribution in [0, 0.1) is 6.92 Å². The van der Waals surface area contributed by atoms with Crippen molar-refractivity contribution in [3.05, 3.63) is 65.5 Å². The fraction of sp³-hybridized carbons (Fsp3) is 0.429. The van der Waals surface area contributed by atoms with Gasteiger partial charge in [-0.1, -0.05) is 30.3 Å². The van der Waals surface area contributed by atoms with E-state index in [4.69, 9.17) is 4.74 Å². The zero-order valence-corrected chi connectivity index (χ0v) is 15.0. The topological polar surface area (TPSA) is 62.7 Å². The second-order valence-electron chi connectivity index (χ2n) is 7.46. The van der Waals surface area contributed by atoms with Crippen LogP contribution < -0.4 is 0 Å². The largest absolute Gasteiger partial charge is 0.445 e. The molecule has 5 heteroatoms. The smallest absolute Gasteiger partial charge is 0.410 e. The molecule has 2 fully saturated rings. The van der Waals surface area contributed by atoms with E-state index in [-0.39, 0.29) is 24.8 Å². The van der Waals surface area contributed by atoms with Crippen LogP contribution in [0.4, 0.5) is 4.79 Å². The average molecular weight is 352 g/mol. The van der Waals surface area contributed by atoms with E-state index in [9.17, 15) is 9.90 Å². The predicted octanol–water partition coefficient (Wildman–Crippen LogP) is 3.54. The number of pyridine rings is 1. The molecule has 1 N–H and O–H groups in total. The standard InChI is InChI=1S/C21H24N2O3/c1-15-11-17(9-10-22-15)21(25)12-18-7-8-19(13-21)23(18)20(24)26-14-16-5-3-2-4-6-16/h2-6,9-11,18-19,25H,7-8,12-14H2,1H3. The van der Waals surface area contributed by atoms with Crippen molar-refractivity contribution >= 4 is 6.09 Å². The van der Waals surface area contributed by atoms with Gasteiger partial charge in [0.25, 0.3) is 0 Å². The van der Waals surface area contributed by atoms with E-state index in [0.717, 1.165) is 29.7 Å². The molecular formula is C21H24N2O3. The van der Waals surface area contributed by atoms with Crippen molar-refractivity contribution in [1.29, 1.82) is 0 Å². The summed E-state index contributed by atoms with van der Waals surface area (Å²) >= 11 is 0. The minimum absolute atomic E-state index is 0.0236. The molecule has 2 aliphatic rings. The first-order chi connectivity index (χ1) is 12.5. The van der Waals surface area contributed by atoms with Crippen molar-refractivity contribution in [1.82, 2.24) is 9.88 Å². The second-order valence-corrected chi connectivity index (χ2v) is 7.46. The number of aryl methyl sites for hydroxylation is 1. The van der Waals surface area contributed by atoms with Crippen LogP contribution in [0.15, 0.2) is 48.7 Å². The lowest BCUT2D eigenvalue weighted by Crippen LogP contribution is -2.52. The molecule has 4 rings (SSSR count). The molecule has 0 spiro atoms. The first-order valence-corrected chi connectivity index (χ1v) is 9.20. The van der Waals surface area contributed by atoms with Gasteiger partial charge in [-0.25, -0.2) is 4.79 Å². The van der Waals surface area contributed by atoms with Crippen molar-refractivity contribution in [3.8, 4) is 0 Å². The summed E-state index contributed by atoms with van der Waals surface area (Å²) in [5.74, 6) is 0. The molecule has 1 aromatic carbocycles. The maximum absolute atomic E-state index is 12.6. The van der Waals surface area contributed by atoms with Crippen molar-refractivity contribution in [3.63, 3.8) is 0 Å². The molecule has 2 aromatic rings. The molecule has 1 amide bonds. The van der Waals surface area contributed by atoms with Crippen molar-refractivity contribution in [2.75, 3.05) is 0 Å². The highest BCUT2D eigenvalue weighted by Crippen LogP contribution is 2.46. The first-order valence-electron chi connectivity index (χ1n) is 9.20. The fourth-order valence-electron chi connectivity index (χ4n) is 4.39.